The van der Waals surface area contributed by atoms with Gasteiger partial charge in [0.15, 0.2) is 0 Å². The zero-order valence-corrected chi connectivity index (χ0v) is 9.91. The van der Waals surface area contributed by atoms with E-state index in [4.69, 9.17) is 5.73 Å². The molecule has 0 spiro atoms. The number of nitrogen functional groups attached to an aromatic ring is 1. The predicted molar refractivity (Wildman–Crippen MR) is 67.1 cm³/mol. The van der Waals surface area contributed by atoms with Crippen molar-refractivity contribution >= 4 is 5.69 Å². The van der Waals surface area contributed by atoms with Gasteiger partial charge in [0.2, 0.25) is 0 Å². The van der Waals surface area contributed by atoms with Crippen LogP contribution >= 0.6 is 0 Å². The highest BCUT2D eigenvalue weighted by molar-refractivity contribution is 5.71. The lowest BCUT2D eigenvalue weighted by Crippen LogP contribution is -2.11. The molecule has 2 aromatic rings. The molecule has 3 N–H and O–H groups in total. The van der Waals surface area contributed by atoms with Gasteiger partial charge >= 0.3 is 0 Å². The number of rotatable bonds is 1. The molecule has 0 aliphatic rings. The first-order valence-electron chi connectivity index (χ1n) is 5.39. The Morgan fingerprint density at radius 2 is 1.88 bits per heavy atom. The molecule has 0 amide bonds. The number of nitrogens with zero attached hydrogens (tertiary/aromatic N) is 1. The zero-order valence-electron chi connectivity index (χ0n) is 9.91. The van der Waals surface area contributed by atoms with Gasteiger partial charge in [-0.25, -0.2) is 4.98 Å². The smallest absolute Gasteiger partial charge is 0.139 e. The molecule has 0 radical (unpaired) electrons. The predicted octanol–water partition coefficient (Wildman–Crippen LogP) is 2.96. The van der Waals surface area contributed by atoms with Crippen LogP contribution in [-0.2, 0) is 5.41 Å². The number of para-hydroxylation sites is 1. The number of aromatic amines is 1. The minimum Gasteiger partial charge on any atom is -0.398 e. The monoisotopic (exact) mass is 215 g/mol. The minimum atomic E-state index is 0.0782. The van der Waals surface area contributed by atoms with E-state index in [0.717, 1.165) is 22.8 Å². The van der Waals surface area contributed by atoms with Crippen LogP contribution in [0.3, 0.4) is 0 Å². The Bertz CT molecular complexity index is 492. The molecule has 0 saturated carbocycles. The highest BCUT2D eigenvalue weighted by Crippen LogP contribution is 2.26. The van der Waals surface area contributed by atoms with E-state index < -0.39 is 0 Å². The van der Waals surface area contributed by atoms with Gasteiger partial charge in [0, 0.05) is 28.6 Å². The molecular formula is C13H17N3. The van der Waals surface area contributed by atoms with Gasteiger partial charge in [-0.05, 0) is 12.1 Å². The normalized spacial score (nSPS) is 11.7. The molecular weight excluding hydrogens is 198 g/mol. The number of anilines is 1. The number of hydrogen-bond acceptors (Lipinski definition) is 2. The molecule has 1 aromatic carbocycles. The fourth-order valence-corrected chi connectivity index (χ4v) is 1.55. The van der Waals surface area contributed by atoms with E-state index in [1.165, 1.54) is 0 Å². The summed E-state index contributed by atoms with van der Waals surface area (Å²) >= 11 is 0. The summed E-state index contributed by atoms with van der Waals surface area (Å²) in [6, 6.07) is 7.74. The zero-order chi connectivity index (χ0) is 11.8. The average Bonchev–Trinajstić information content (AvgIpc) is 2.66. The first-order valence-corrected chi connectivity index (χ1v) is 5.39. The van der Waals surface area contributed by atoms with Crippen LogP contribution in [0.5, 0.6) is 0 Å². The Morgan fingerprint density at radius 1 is 1.19 bits per heavy atom. The van der Waals surface area contributed by atoms with Gasteiger partial charge in [-0.15, -0.1) is 0 Å². The fourth-order valence-electron chi connectivity index (χ4n) is 1.55. The second kappa shape index (κ2) is 3.67. The third-order valence-corrected chi connectivity index (χ3v) is 2.60. The molecule has 3 nitrogen and oxygen atoms in total. The summed E-state index contributed by atoms with van der Waals surface area (Å²) in [7, 11) is 0. The summed E-state index contributed by atoms with van der Waals surface area (Å²) in [6.07, 6.45) is 1.88. The molecule has 3 heteroatoms. The van der Waals surface area contributed by atoms with Gasteiger partial charge in [0.25, 0.3) is 0 Å². The molecule has 2 rings (SSSR count). The van der Waals surface area contributed by atoms with Crippen molar-refractivity contribution in [1.82, 2.24) is 9.97 Å². The summed E-state index contributed by atoms with van der Waals surface area (Å²) in [6.45, 7) is 6.45. The van der Waals surface area contributed by atoms with Crippen LogP contribution in [0.15, 0.2) is 30.5 Å². The van der Waals surface area contributed by atoms with Crippen molar-refractivity contribution in [3.63, 3.8) is 0 Å². The molecule has 1 heterocycles. The number of hydrogen-bond donors (Lipinski definition) is 2. The summed E-state index contributed by atoms with van der Waals surface area (Å²) in [5, 5.41) is 0. The van der Waals surface area contributed by atoms with E-state index in [0.29, 0.717) is 0 Å². The van der Waals surface area contributed by atoms with Crippen molar-refractivity contribution in [3.05, 3.63) is 36.2 Å². The maximum atomic E-state index is 5.91. The fraction of sp³-hybridized carbons (Fsp3) is 0.308. The van der Waals surface area contributed by atoms with E-state index in [1.807, 2.05) is 30.5 Å². The van der Waals surface area contributed by atoms with E-state index >= 15 is 0 Å². The van der Waals surface area contributed by atoms with Gasteiger partial charge in [0.1, 0.15) is 5.82 Å². The van der Waals surface area contributed by atoms with Gasteiger partial charge < -0.3 is 10.7 Å². The Balaban J connectivity index is 2.44. The number of nitrogens with one attached hydrogen (secondary N) is 1. The molecule has 0 unspecified atom stereocenters. The lowest BCUT2D eigenvalue weighted by atomic mass is 9.93. The van der Waals surface area contributed by atoms with Gasteiger partial charge in [-0.1, -0.05) is 32.9 Å². The third-order valence-electron chi connectivity index (χ3n) is 2.60. The molecule has 0 aliphatic carbocycles. The summed E-state index contributed by atoms with van der Waals surface area (Å²) < 4.78 is 0. The number of imidazole rings is 1. The second-order valence-corrected chi connectivity index (χ2v) is 4.98. The molecule has 16 heavy (non-hydrogen) atoms. The van der Waals surface area contributed by atoms with Crippen molar-refractivity contribution in [3.8, 4) is 11.4 Å². The van der Waals surface area contributed by atoms with Crippen molar-refractivity contribution in [2.75, 3.05) is 5.73 Å². The molecule has 0 bridgehead atoms. The molecule has 0 atom stereocenters. The summed E-state index contributed by atoms with van der Waals surface area (Å²) in [4.78, 5) is 7.70. The summed E-state index contributed by atoms with van der Waals surface area (Å²) in [5.74, 6) is 0.836. The van der Waals surface area contributed by atoms with Crippen molar-refractivity contribution < 1.29 is 0 Å². The highest BCUT2D eigenvalue weighted by Gasteiger charge is 2.17. The lowest BCUT2D eigenvalue weighted by Gasteiger charge is -2.15. The van der Waals surface area contributed by atoms with Crippen LogP contribution < -0.4 is 5.73 Å². The Labute approximate surface area is 95.7 Å². The first-order chi connectivity index (χ1) is 7.48. The van der Waals surface area contributed by atoms with E-state index in [1.54, 1.807) is 0 Å². The topological polar surface area (TPSA) is 54.7 Å². The van der Waals surface area contributed by atoms with Crippen LogP contribution in [-0.4, -0.2) is 9.97 Å². The maximum absolute atomic E-state index is 5.91. The third kappa shape index (κ3) is 1.94. The lowest BCUT2D eigenvalue weighted by molar-refractivity contribution is 0.573. The Morgan fingerprint density at radius 3 is 2.44 bits per heavy atom. The quantitative estimate of drug-likeness (QED) is 0.718. The second-order valence-electron chi connectivity index (χ2n) is 4.98. The van der Waals surface area contributed by atoms with E-state index in [9.17, 15) is 0 Å². The summed E-state index contributed by atoms with van der Waals surface area (Å²) in [5.41, 5.74) is 8.81. The van der Waals surface area contributed by atoms with Crippen LogP contribution in [0.1, 0.15) is 26.5 Å². The van der Waals surface area contributed by atoms with E-state index in [-0.39, 0.29) is 5.41 Å². The number of nitrogens with two attached hydrogens (primary N) is 1. The number of benzene rings is 1. The first kappa shape index (κ1) is 10.7. The van der Waals surface area contributed by atoms with E-state index in [2.05, 4.69) is 30.7 Å². The highest BCUT2D eigenvalue weighted by atomic mass is 14.9. The van der Waals surface area contributed by atoms with Crippen LogP contribution in [0.4, 0.5) is 5.69 Å². The van der Waals surface area contributed by atoms with Crippen LogP contribution in [0, 0.1) is 0 Å². The molecule has 1 aromatic heterocycles. The average molecular weight is 215 g/mol. The van der Waals surface area contributed by atoms with Gasteiger partial charge in [-0.2, -0.15) is 0 Å². The Hall–Kier alpha value is -1.77. The van der Waals surface area contributed by atoms with Crippen molar-refractivity contribution in [2.24, 2.45) is 0 Å². The minimum absolute atomic E-state index is 0.0782. The van der Waals surface area contributed by atoms with Crippen LogP contribution in [0.2, 0.25) is 0 Å². The molecule has 0 saturated heterocycles. The molecule has 0 aliphatic heterocycles. The number of aromatic nitrogens is 2. The Kier molecular flexibility index (Phi) is 2.46. The molecule has 84 valence electrons. The maximum Gasteiger partial charge on any atom is 0.139 e. The van der Waals surface area contributed by atoms with Crippen molar-refractivity contribution in [1.29, 1.82) is 0 Å². The number of H-pyrrole nitrogens is 1. The van der Waals surface area contributed by atoms with Crippen LogP contribution in [0.25, 0.3) is 11.4 Å². The largest absolute Gasteiger partial charge is 0.398 e. The SMILES string of the molecule is CC(C)(C)c1cnc(-c2ccccc2N)[nH]1. The molecule has 0 fully saturated rings. The van der Waals surface area contributed by atoms with Gasteiger partial charge in [-0.3, -0.25) is 0 Å². The van der Waals surface area contributed by atoms with Crippen molar-refractivity contribution in [2.45, 2.75) is 26.2 Å². The standard InChI is InChI=1S/C13H17N3/c1-13(2,3)11-8-15-12(16-11)9-6-4-5-7-10(9)14/h4-8H,14H2,1-3H3,(H,15,16). The van der Waals surface area contributed by atoms with Gasteiger partial charge in [0.05, 0.1) is 0 Å².